The van der Waals surface area contributed by atoms with Gasteiger partial charge in [-0.25, -0.2) is 9.18 Å². The van der Waals surface area contributed by atoms with Crippen LogP contribution in [0, 0.1) is 5.82 Å². The number of halogens is 1. The Labute approximate surface area is 169 Å². The standard InChI is InChI=1S/C21H26FN3O4/c1-21(2,3)29-20(27)25-18(13-28-4)19(26)24-16-11-10-14(22)12-17(16)23-15-8-6-5-7-9-15/h5-12,18,23H,13H2,1-4H3,(H,24,26)(H,25,27). The average Bonchev–Trinajstić information content (AvgIpc) is 2.63. The van der Waals surface area contributed by atoms with E-state index < -0.39 is 29.5 Å². The van der Waals surface area contributed by atoms with Gasteiger partial charge in [0.25, 0.3) is 0 Å². The highest BCUT2D eigenvalue weighted by Gasteiger charge is 2.25. The van der Waals surface area contributed by atoms with Crippen LogP contribution in [0.25, 0.3) is 0 Å². The summed E-state index contributed by atoms with van der Waals surface area (Å²) in [5, 5.41) is 8.24. The number of hydrogen-bond acceptors (Lipinski definition) is 5. The molecule has 1 unspecified atom stereocenters. The lowest BCUT2D eigenvalue weighted by molar-refractivity contribution is -0.119. The molecule has 3 N–H and O–H groups in total. The van der Waals surface area contributed by atoms with E-state index in [9.17, 15) is 14.0 Å². The lowest BCUT2D eigenvalue weighted by Crippen LogP contribution is -2.48. The Morgan fingerprint density at radius 1 is 1.07 bits per heavy atom. The highest BCUT2D eigenvalue weighted by molar-refractivity contribution is 5.99. The van der Waals surface area contributed by atoms with E-state index in [1.807, 2.05) is 30.3 Å². The Morgan fingerprint density at radius 3 is 2.38 bits per heavy atom. The second kappa shape index (κ2) is 9.88. The van der Waals surface area contributed by atoms with Gasteiger partial charge in [0, 0.05) is 12.8 Å². The summed E-state index contributed by atoms with van der Waals surface area (Å²) in [4.78, 5) is 24.7. The van der Waals surface area contributed by atoms with Crippen molar-refractivity contribution in [3.8, 4) is 0 Å². The summed E-state index contributed by atoms with van der Waals surface area (Å²) in [6.45, 7) is 5.10. The number of para-hydroxylation sites is 1. The topological polar surface area (TPSA) is 88.7 Å². The minimum atomic E-state index is -0.996. The second-order valence-electron chi connectivity index (χ2n) is 7.32. The van der Waals surface area contributed by atoms with Gasteiger partial charge >= 0.3 is 6.09 Å². The molecular weight excluding hydrogens is 377 g/mol. The Bertz CT molecular complexity index is 838. The SMILES string of the molecule is COCC(NC(=O)OC(C)(C)C)C(=O)Nc1ccc(F)cc1Nc1ccccc1. The first kappa shape index (κ1) is 22.2. The van der Waals surface area contributed by atoms with Gasteiger partial charge in [-0.2, -0.15) is 0 Å². The number of benzene rings is 2. The van der Waals surface area contributed by atoms with E-state index in [0.717, 1.165) is 5.69 Å². The van der Waals surface area contributed by atoms with Crippen LogP contribution in [0.4, 0.5) is 26.2 Å². The second-order valence-corrected chi connectivity index (χ2v) is 7.32. The van der Waals surface area contributed by atoms with Crippen LogP contribution < -0.4 is 16.0 Å². The number of rotatable bonds is 7. The quantitative estimate of drug-likeness (QED) is 0.649. The molecule has 0 radical (unpaired) electrons. The molecule has 29 heavy (non-hydrogen) atoms. The van der Waals surface area contributed by atoms with Gasteiger partial charge in [0.15, 0.2) is 0 Å². The van der Waals surface area contributed by atoms with E-state index in [-0.39, 0.29) is 6.61 Å². The van der Waals surface area contributed by atoms with Gasteiger partial charge in [-0.05, 0) is 51.1 Å². The van der Waals surface area contributed by atoms with Gasteiger partial charge in [-0.15, -0.1) is 0 Å². The maximum absolute atomic E-state index is 13.7. The largest absolute Gasteiger partial charge is 0.444 e. The first-order chi connectivity index (χ1) is 13.7. The molecule has 0 spiro atoms. The summed E-state index contributed by atoms with van der Waals surface area (Å²) in [6.07, 6.45) is -0.739. The van der Waals surface area contributed by atoms with Gasteiger partial charge in [-0.3, -0.25) is 4.79 Å². The Kier molecular flexibility index (Phi) is 7.55. The van der Waals surface area contributed by atoms with E-state index in [1.165, 1.54) is 25.3 Å². The molecule has 0 saturated carbocycles. The summed E-state index contributed by atoms with van der Waals surface area (Å²) < 4.78 is 24.0. The number of carbonyl (C=O) groups excluding carboxylic acids is 2. The average molecular weight is 403 g/mol. The maximum atomic E-state index is 13.7. The van der Waals surface area contributed by atoms with Crippen molar-refractivity contribution in [1.29, 1.82) is 0 Å². The number of methoxy groups -OCH3 is 1. The number of ether oxygens (including phenoxy) is 2. The molecule has 0 heterocycles. The monoisotopic (exact) mass is 403 g/mol. The predicted octanol–water partition coefficient (Wildman–Crippen LogP) is 4.05. The highest BCUT2D eigenvalue weighted by atomic mass is 19.1. The molecule has 0 saturated heterocycles. The fourth-order valence-corrected chi connectivity index (χ4v) is 2.43. The Hall–Kier alpha value is -3.13. The van der Waals surface area contributed by atoms with Gasteiger partial charge in [0.1, 0.15) is 17.5 Å². The number of nitrogens with one attached hydrogen (secondary N) is 3. The van der Waals surface area contributed by atoms with Crippen molar-refractivity contribution in [3.63, 3.8) is 0 Å². The van der Waals surface area contributed by atoms with Crippen molar-refractivity contribution in [3.05, 3.63) is 54.3 Å². The minimum absolute atomic E-state index is 0.0618. The van der Waals surface area contributed by atoms with Crippen molar-refractivity contribution >= 4 is 29.1 Å². The van der Waals surface area contributed by atoms with Crippen LogP contribution in [0.1, 0.15) is 20.8 Å². The molecular formula is C21H26FN3O4. The molecule has 0 bridgehead atoms. The van der Waals surface area contributed by atoms with Gasteiger partial charge in [0.05, 0.1) is 18.0 Å². The molecule has 7 nitrogen and oxygen atoms in total. The molecule has 2 aromatic carbocycles. The molecule has 2 aromatic rings. The van der Waals surface area contributed by atoms with E-state index >= 15 is 0 Å². The summed E-state index contributed by atoms with van der Waals surface area (Å²) in [6, 6.07) is 12.1. The molecule has 0 aliphatic heterocycles. The molecule has 0 aliphatic rings. The summed E-state index contributed by atoms with van der Waals surface area (Å²) in [7, 11) is 1.41. The van der Waals surface area contributed by atoms with Crippen molar-refractivity contribution in [2.45, 2.75) is 32.4 Å². The molecule has 2 rings (SSSR count). The van der Waals surface area contributed by atoms with Crippen LogP contribution in [0.15, 0.2) is 48.5 Å². The Morgan fingerprint density at radius 2 is 1.76 bits per heavy atom. The van der Waals surface area contributed by atoms with Crippen molar-refractivity contribution < 1.29 is 23.5 Å². The first-order valence-corrected chi connectivity index (χ1v) is 9.09. The molecule has 0 aromatic heterocycles. The minimum Gasteiger partial charge on any atom is -0.444 e. The number of anilines is 3. The zero-order valence-corrected chi connectivity index (χ0v) is 16.9. The van der Waals surface area contributed by atoms with Gasteiger partial charge in [-0.1, -0.05) is 18.2 Å². The molecule has 0 aliphatic carbocycles. The van der Waals surface area contributed by atoms with Crippen LogP contribution in [-0.4, -0.2) is 37.4 Å². The predicted molar refractivity (Wildman–Crippen MR) is 110 cm³/mol. The zero-order valence-electron chi connectivity index (χ0n) is 16.9. The highest BCUT2D eigenvalue weighted by Crippen LogP contribution is 2.26. The fraction of sp³-hybridized carbons (Fsp3) is 0.333. The summed E-state index contributed by atoms with van der Waals surface area (Å²) in [5.41, 5.74) is 0.751. The Balaban J connectivity index is 2.15. The maximum Gasteiger partial charge on any atom is 0.408 e. The van der Waals surface area contributed by atoms with Crippen LogP contribution in [-0.2, 0) is 14.3 Å². The van der Waals surface area contributed by atoms with Crippen molar-refractivity contribution in [2.75, 3.05) is 24.4 Å². The number of amides is 2. The third kappa shape index (κ3) is 7.42. The zero-order chi connectivity index (χ0) is 21.4. The third-order valence-electron chi connectivity index (χ3n) is 3.63. The van der Waals surface area contributed by atoms with Crippen LogP contribution in [0.3, 0.4) is 0 Å². The van der Waals surface area contributed by atoms with E-state index in [1.54, 1.807) is 20.8 Å². The van der Waals surface area contributed by atoms with Crippen LogP contribution in [0.5, 0.6) is 0 Å². The summed E-state index contributed by atoms with van der Waals surface area (Å²) in [5.74, 6) is -0.984. The lowest BCUT2D eigenvalue weighted by atomic mass is 10.2. The van der Waals surface area contributed by atoms with E-state index in [4.69, 9.17) is 9.47 Å². The molecule has 2 amide bonds. The molecule has 8 heteroatoms. The normalized spacial score (nSPS) is 12.0. The third-order valence-corrected chi connectivity index (χ3v) is 3.63. The van der Waals surface area contributed by atoms with Crippen molar-refractivity contribution in [1.82, 2.24) is 5.32 Å². The van der Waals surface area contributed by atoms with E-state index in [2.05, 4.69) is 16.0 Å². The fourth-order valence-electron chi connectivity index (χ4n) is 2.43. The summed E-state index contributed by atoms with van der Waals surface area (Å²) >= 11 is 0. The van der Waals surface area contributed by atoms with Crippen LogP contribution in [0.2, 0.25) is 0 Å². The molecule has 1 atom stereocenters. The molecule has 0 fully saturated rings. The lowest BCUT2D eigenvalue weighted by Gasteiger charge is -2.23. The van der Waals surface area contributed by atoms with Crippen LogP contribution >= 0.6 is 0 Å². The smallest absolute Gasteiger partial charge is 0.408 e. The number of hydrogen-bond donors (Lipinski definition) is 3. The van der Waals surface area contributed by atoms with Gasteiger partial charge < -0.3 is 25.4 Å². The number of carbonyl (C=O) groups is 2. The first-order valence-electron chi connectivity index (χ1n) is 9.09. The number of alkyl carbamates (subject to hydrolysis) is 1. The van der Waals surface area contributed by atoms with E-state index in [0.29, 0.717) is 11.4 Å². The molecule has 156 valence electrons. The van der Waals surface area contributed by atoms with Crippen molar-refractivity contribution in [2.24, 2.45) is 0 Å². The van der Waals surface area contributed by atoms with Gasteiger partial charge in [0.2, 0.25) is 5.91 Å².